The molecule has 4 saturated carbocycles. The van der Waals surface area contributed by atoms with Crippen molar-refractivity contribution in [1.82, 2.24) is 30.0 Å². The summed E-state index contributed by atoms with van der Waals surface area (Å²) in [5.74, 6) is -2.63. The minimum atomic E-state index is -1.22. The predicted octanol–water partition coefficient (Wildman–Crippen LogP) is 13.4. The van der Waals surface area contributed by atoms with Crippen LogP contribution in [0.15, 0.2) is 46.6 Å². The number of rotatable bonds is 34. The second-order valence-corrected chi connectivity index (χ2v) is 36.7. The number of likely N-dealkylation sites (N-methyl/N-ethyl adjacent to an activating group) is 1. The summed E-state index contributed by atoms with van der Waals surface area (Å²) in [4.78, 5) is 137. The molecular formula is C83H124Cl2N8O14. The Morgan fingerprint density at radius 3 is 1.42 bits per heavy atom. The highest BCUT2D eigenvalue weighted by Gasteiger charge is 2.51. The van der Waals surface area contributed by atoms with Gasteiger partial charge >= 0.3 is 0 Å². The number of nitrogens with one attached hydrogen (secondary N) is 1. The summed E-state index contributed by atoms with van der Waals surface area (Å²) < 4.78 is 24.3. The molecule has 594 valence electrons. The zero-order chi connectivity index (χ0) is 77.9. The molecule has 2 aromatic rings. The number of ether oxygens (including phenoxy) is 4. The number of nitrogens with zero attached hydrogens (tertiary/aromatic N) is 7. The highest BCUT2D eigenvalue weighted by Crippen LogP contribution is 2.42. The number of aliphatic hydroxyl groups excluding tert-OH is 2. The fourth-order valence-electron chi connectivity index (χ4n) is 16.7. The molecule has 2 unspecified atom stereocenters. The molecular weight excluding hydrogens is 1400 g/mol. The van der Waals surface area contributed by atoms with E-state index in [9.17, 15) is 48.6 Å². The lowest BCUT2D eigenvalue weighted by molar-refractivity contribution is -0.147. The summed E-state index contributed by atoms with van der Waals surface area (Å²) in [7, 11) is 1.88. The first kappa shape index (κ1) is 84.9. The van der Waals surface area contributed by atoms with Gasteiger partial charge in [0.15, 0.2) is 34.7 Å². The van der Waals surface area contributed by atoms with E-state index >= 15 is 0 Å². The van der Waals surface area contributed by atoms with Crippen LogP contribution < -0.4 is 14.8 Å². The molecule has 24 heteroatoms. The van der Waals surface area contributed by atoms with E-state index in [2.05, 4.69) is 15.3 Å². The maximum Gasteiger partial charge on any atom is 0.288 e. The van der Waals surface area contributed by atoms with E-state index in [0.29, 0.717) is 97.4 Å². The monoisotopic (exact) mass is 1530 g/mol. The Balaban J connectivity index is 0.000000247. The largest absolute Gasteiger partial charge is 0.472 e. The summed E-state index contributed by atoms with van der Waals surface area (Å²) in [5.41, 5.74) is -1.92. The van der Waals surface area contributed by atoms with Crippen LogP contribution in [-0.2, 0) is 47.8 Å². The van der Waals surface area contributed by atoms with Crippen LogP contribution in [0.4, 0.5) is 0 Å². The SMILES string of the molecule is CCC[C@H](CC(=O)[C@@H]1C[C@@H](Oc2ccc(Cl)cn2)CN1C(=O)[C@@H](CC(=O)[C@@H](N=C1NC(C)(C)CO1)C1CCCCC1)C(C)(C)C)C(O)C(=O)CC1CC1.CCC[C@H](CC(=O)[C@@H]1C[C@@H](Oc2ccc(Cl)cn2)CN1C(=O)[C@@H](CC(=O)[C@H](C1CCCCC1)N(C)C1=NC(C)(C)CO1)C(C)(C)C)C(O)C(=O)CC1CC1. The molecule has 0 spiro atoms. The molecule has 0 aromatic carbocycles. The van der Waals surface area contributed by atoms with Crippen molar-refractivity contribution in [2.24, 2.45) is 68.2 Å². The lowest BCUT2D eigenvalue weighted by Crippen LogP contribution is -2.51. The molecule has 10 rings (SSSR count). The van der Waals surface area contributed by atoms with E-state index in [0.717, 1.165) is 89.9 Å². The van der Waals surface area contributed by atoms with E-state index in [-0.39, 0.29) is 121 Å². The predicted molar refractivity (Wildman–Crippen MR) is 412 cm³/mol. The molecule has 3 N–H and O–H groups in total. The Bertz CT molecular complexity index is 3440. The number of Topliss-reactive ketones (excluding diaryl/α,β-unsaturated/α-hetero) is 6. The van der Waals surface area contributed by atoms with E-state index in [1.165, 1.54) is 12.4 Å². The van der Waals surface area contributed by atoms with Gasteiger partial charge in [-0.3, -0.25) is 38.4 Å². The molecule has 4 aliphatic carbocycles. The van der Waals surface area contributed by atoms with E-state index in [4.69, 9.17) is 52.1 Å². The van der Waals surface area contributed by atoms with Crippen molar-refractivity contribution in [3.05, 3.63) is 46.7 Å². The van der Waals surface area contributed by atoms with Gasteiger partial charge in [0.25, 0.3) is 12.0 Å². The van der Waals surface area contributed by atoms with Gasteiger partial charge in [-0.2, -0.15) is 0 Å². The first-order valence-corrected chi connectivity index (χ1v) is 40.9. The number of likely N-dealkylation sites (tertiary alicyclic amines) is 2. The molecule has 0 radical (unpaired) electrons. The number of aliphatic imine (C=N–C) groups is 2. The van der Waals surface area contributed by atoms with Crippen LogP contribution in [0.3, 0.4) is 0 Å². The van der Waals surface area contributed by atoms with E-state index < -0.39 is 83.1 Å². The molecule has 2 amide bonds. The first-order valence-electron chi connectivity index (χ1n) is 40.2. The van der Waals surface area contributed by atoms with Crippen LogP contribution in [0.1, 0.15) is 250 Å². The zero-order valence-corrected chi connectivity index (χ0v) is 67.6. The number of aliphatic hydroxyl groups is 2. The smallest absolute Gasteiger partial charge is 0.288 e. The molecule has 12 atom stereocenters. The van der Waals surface area contributed by atoms with Crippen LogP contribution in [0.5, 0.6) is 11.8 Å². The van der Waals surface area contributed by atoms with Gasteiger partial charge in [0.2, 0.25) is 23.6 Å². The Kier molecular flexibility index (Phi) is 29.6. The standard InChI is InChI=1S/C42H63ClN4O7.C41H61ClN4O7/c1-8-12-28(38(51)35(50)19-26-15-16-26)20-33(48)32-21-30(54-36-18-17-29(43)23-44-36)24-47(32)39(52)31(41(2,3)4)22-34(49)37(27-13-10-9-11-14-27)46(7)40-45-42(5,6)25-53-40;1-7-11-27(37(50)34(49)18-25-14-15-25)19-32(47)31-20-29(53-35-17-16-28(42)22-43-35)23-46(31)38(51)30(40(2,3)4)21-33(48)36(26-12-9-8-10-13-26)44-39-45-41(5,6)24-52-39/h17-18,23,26-28,30-32,37-38,51H,8-16,19-22,24-25H2,1-7H3;16-17,22,25-27,29-31,36-37,50H,7-15,18-21,23-24H2,1-6H3,(H,44,45)/t28-,30-,31-,32+,37+,38?;27-,29-,30-,31+,36+,37?/m11/s1. The Morgan fingerprint density at radius 1 is 0.607 bits per heavy atom. The second kappa shape index (κ2) is 37.3. The third-order valence-corrected chi connectivity index (χ3v) is 23.7. The van der Waals surface area contributed by atoms with Crippen molar-refractivity contribution >= 4 is 81.8 Å². The van der Waals surface area contributed by atoms with Crippen molar-refractivity contribution in [2.75, 3.05) is 33.4 Å². The number of hydrogen-bond acceptors (Lipinski definition) is 19. The highest BCUT2D eigenvalue weighted by atomic mass is 35.5. The van der Waals surface area contributed by atoms with Gasteiger partial charge in [0, 0.05) is 94.8 Å². The lowest BCUT2D eigenvalue weighted by Gasteiger charge is -2.39. The van der Waals surface area contributed by atoms with Crippen LogP contribution in [0, 0.1) is 58.2 Å². The number of halogens is 2. The minimum Gasteiger partial charge on any atom is -0.472 e. The first-order chi connectivity index (χ1) is 50.5. The third kappa shape index (κ3) is 24.0. The van der Waals surface area contributed by atoms with Crippen molar-refractivity contribution in [2.45, 2.75) is 310 Å². The fraction of sp³-hybridized carbons (Fsp3) is 0.759. The highest BCUT2D eigenvalue weighted by molar-refractivity contribution is 6.30. The Morgan fingerprint density at radius 2 is 1.05 bits per heavy atom. The average molecular weight is 1530 g/mol. The Hall–Kier alpha value is -6.10. The molecule has 7 fully saturated rings. The molecule has 3 saturated heterocycles. The number of carbonyl (C=O) groups is 8. The van der Waals surface area contributed by atoms with E-state index in [1.54, 1.807) is 34.1 Å². The molecule has 0 bridgehead atoms. The molecule has 107 heavy (non-hydrogen) atoms. The topological polar surface area (TPSA) is 286 Å². The van der Waals surface area contributed by atoms with Crippen molar-refractivity contribution in [3.63, 3.8) is 0 Å². The number of ketones is 6. The average Bonchev–Trinajstić information content (AvgIpc) is 1.72. The number of amides is 2. The zero-order valence-electron chi connectivity index (χ0n) is 66.1. The second-order valence-electron chi connectivity index (χ2n) is 35.9. The van der Waals surface area contributed by atoms with Gasteiger partial charge in [0.05, 0.1) is 52.3 Å². The lowest BCUT2D eigenvalue weighted by atomic mass is 9.73. The summed E-state index contributed by atoms with van der Waals surface area (Å²) in [6, 6.07) is 4.64. The van der Waals surface area contributed by atoms with Crippen molar-refractivity contribution < 1.29 is 67.5 Å². The molecule has 6 heterocycles. The van der Waals surface area contributed by atoms with Crippen molar-refractivity contribution in [3.8, 4) is 11.8 Å². The van der Waals surface area contributed by atoms with Crippen LogP contribution in [0.2, 0.25) is 10.0 Å². The Labute approximate surface area is 645 Å². The molecule has 8 aliphatic rings. The number of amidine groups is 2. The summed E-state index contributed by atoms with van der Waals surface area (Å²) in [6.45, 7) is 24.9. The quantitative estimate of drug-likeness (QED) is 0.0587. The summed E-state index contributed by atoms with van der Waals surface area (Å²) >= 11 is 12.1. The van der Waals surface area contributed by atoms with Gasteiger partial charge in [-0.05, 0) is 150 Å². The fourth-order valence-corrected chi connectivity index (χ4v) is 16.9. The maximum absolute atomic E-state index is 14.9. The number of carbonyl (C=O) groups excluding carboxylic acids is 8. The summed E-state index contributed by atoms with van der Waals surface area (Å²) in [5, 5.41) is 26.5. The summed E-state index contributed by atoms with van der Waals surface area (Å²) in [6.07, 6.45) is 16.9. The van der Waals surface area contributed by atoms with E-state index in [1.807, 2.05) is 95.0 Å². The van der Waals surface area contributed by atoms with Gasteiger partial charge in [-0.1, -0.05) is 130 Å². The number of aromatic nitrogens is 2. The van der Waals surface area contributed by atoms with Gasteiger partial charge in [-0.25, -0.2) is 20.0 Å². The number of pyridine rings is 2. The van der Waals surface area contributed by atoms with Crippen LogP contribution in [-0.4, -0.2) is 186 Å². The molecule has 22 nitrogen and oxygen atoms in total. The van der Waals surface area contributed by atoms with Gasteiger partial charge in [-0.15, -0.1) is 0 Å². The van der Waals surface area contributed by atoms with Crippen LogP contribution in [0.25, 0.3) is 0 Å². The normalized spacial score (nSPS) is 24.4. The van der Waals surface area contributed by atoms with Gasteiger partial charge in [0.1, 0.15) is 43.7 Å². The van der Waals surface area contributed by atoms with Crippen LogP contribution >= 0.6 is 23.2 Å². The third-order valence-electron chi connectivity index (χ3n) is 23.3. The number of hydrogen-bond donors (Lipinski definition) is 3. The minimum absolute atomic E-state index is 0.000963. The molecule has 2 aromatic heterocycles. The maximum atomic E-state index is 14.9. The van der Waals surface area contributed by atoms with Gasteiger partial charge < -0.3 is 49.2 Å². The van der Waals surface area contributed by atoms with Crippen molar-refractivity contribution in [1.29, 1.82) is 0 Å². The molecule has 4 aliphatic heterocycles.